The fourth-order valence-electron chi connectivity index (χ4n) is 2.07. The number of imidazole rings is 3. The van der Waals surface area contributed by atoms with E-state index in [1.807, 2.05) is 44.4 Å². The predicted octanol–water partition coefficient (Wildman–Crippen LogP) is 1.64. The van der Waals surface area contributed by atoms with Gasteiger partial charge in [0.1, 0.15) is 19.0 Å². The Bertz CT molecular complexity index is 842. The summed E-state index contributed by atoms with van der Waals surface area (Å²) >= 11 is 0. The van der Waals surface area contributed by atoms with E-state index in [0.29, 0.717) is 0 Å². The van der Waals surface area contributed by atoms with Crippen LogP contribution in [0.25, 0.3) is 17.3 Å². The Labute approximate surface area is 120 Å². The van der Waals surface area contributed by atoms with Crippen molar-refractivity contribution in [1.29, 1.82) is 0 Å². The molecule has 21 heavy (non-hydrogen) atoms. The van der Waals surface area contributed by atoms with Crippen LogP contribution in [0, 0.1) is 0 Å². The SMILES string of the molecule is c1cc(-n2cnc(-n3cnc(-n4ccnc4)c3)c2)ccn1. The highest BCUT2D eigenvalue weighted by Gasteiger charge is 2.06. The average molecular weight is 277 g/mol. The highest BCUT2D eigenvalue weighted by atomic mass is 15.2. The summed E-state index contributed by atoms with van der Waals surface area (Å²) in [5, 5.41) is 0. The van der Waals surface area contributed by atoms with E-state index in [2.05, 4.69) is 19.9 Å². The molecule has 4 heterocycles. The van der Waals surface area contributed by atoms with Crippen LogP contribution in [0.1, 0.15) is 0 Å². The molecule has 0 radical (unpaired) electrons. The number of hydrogen-bond acceptors (Lipinski definition) is 4. The van der Waals surface area contributed by atoms with Crippen LogP contribution in [-0.4, -0.2) is 33.6 Å². The summed E-state index contributed by atoms with van der Waals surface area (Å²) in [6.07, 6.45) is 16.1. The maximum absolute atomic E-state index is 4.40. The van der Waals surface area contributed by atoms with E-state index in [1.165, 1.54) is 0 Å². The Balaban J connectivity index is 1.67. The quantitative estimate of drug-likeness (QED) is 0.571. The zero-order valence-corrected chi connectivity index (χ0v) is 11.0. The first-order valence-corrected chi connectivity index (χ1v) is 6.37. The third-order valence-electron chi connectivity index (χ3n) is 3.13. The molecule has 7 heteroatoms. The number of aromatic nitrogens is 7. The van der Waals surface area contributed by atoms with Crippen LogP contribution < -0.4 is 0 Å². The van der Waals surface area contributed by atoms with E-state index in [1.54, 1.807) is 37.6 Å². The molecule has 4 rings (SSSR count). The van der Waals surface area contributed by atoms with Gasteiger partial charge in [0, 0.05) is 30.5 Å². The first kappa shape index (κ1) is 11.6. The van der Waals surface area contributed by atoms with Gasteiger partial charge in [-0.25, -0.2) is 15.0 Å². The van der Waals surface area contributed by atoms with Gasteiger partial charge in [0.15, 0.2) is 11.6 Å². The molecule has 0 aliphatic rings. The van der Waals surface area contributed by atoms with Crippen molar-refractivity contribution in [2.24, 2.45) is 0 Å². The second-order valence-electron chi connectivity index (χ2n) is 4.45. The van der Waals surface area contributed by atoms with Crippen molar-refractivity contribution >= 4 is 0 Å². The summed E-state index contributed by atoms with van der Waals surface area (Å²) in [6.45, 7) is 0. The maximum atomic E-state index is 4.40. The van der Waals surface area contributed by atoms with Crippen molar-refractivity contribution < 1.29 is 0 Å². The second-order valence-corrected chi connectivity index (χ2v) is 4.45. The fourth-order valence-corrected chi connectivity index (χ4v) is 2.07. The molecule has 0 saturated heterocycles. The molecule has 0 atom stereocenters. The normalized spacial score (nSPS) is 10.9. The zero-order chi connectivity index (χ0) is 14.1. The average Bonchev–Trinajstić information content (AvgIpc) is 3.27. The van der Waals surface area contributed by atoms with Gasteiger partial charge in [-0.2, -0.15) is 0 Å². The molecular formula is C14H11N7. The molecule has 0 amide bonds. The van der Waals surface area contributed by atoms with Crippen LogP contribution in [0.5, 0.6) is 0 Å². The van der Waals surface area contributed by atoms with Crippen LogP contribution >= 0.6 is 0 Å². The van der Waals surface area contributed by atoms with Crippen molar-refractivity contribution in [2.75, 3.05) is 0 Å². The van der Waals surface area contributed by atoms with Crippen LogP contribution in [0.15, 0.2) is 68.3 Å². The number of rotatable bonds is 3. The summed E-state index contributed by atoms with van der Waals surface area (Å²) in [7, 11) is 0. The van der Waals surface area contributed by atoms with Crippen LogP contribution in [0.3, 0.4) is 0 Å². The molecule has 0 spiro atoms. The first-order chi connectivity index (χ1) is 10.4. The summed E-state index contributed by atoms with van der Waals surface area (Å²) < 4.78 is 5.65. The summed E-state index contributed by atoms with van der Waals surface area (Å²) in [5.74, 6) is 1.59. The first-order valence-electron chi connectivity index (χ1n) is 6.37. The lowest BCUT2D eigenvalue weighted by atomic mass is 10.4. The van der Waals surface area contributed by atoms with Gasteiger partial charge in [0.05, 0.1) is 12.4 Å². The van der Waals surface area contributed by atoms with Gasteiger partial charge < -0.3 is 4.57 Å². The predicted molar refractivity (Wildman–Crippen MR) is 75.6 cm³/mol. The summed E-state index contributed by atoms with van der Waals surface area (Å²) in [4.78, 5) is 16.8. The Hall–Kier alpha value is -3.22. The van der Waals surface area contributed by atoms with Crippen LogP contribution in [0.2, 0.25) is 0 Å². The lowest BCUT2D eigenvalue weighted by Gasteiger charge is -1.99. The largest absolute Gasteiger partial charge is 0.304 e. The molecule has 0 saturated carbocycles. The number of nitrogens with zero attached hydrogens (tertiary/aromatic N) is 7. The molecule has 0 fully saturated rings. The zero-order valence-electron chi connectivity index (χ0n) is 11.0. The molecule has 7 nitrogen and oxygen atoms in total. The monoisotopic (exact) mass is 277 g/mol. The number of hydrogen-bond donors (Lipinski definition) is 0. The molecular weight excluding hydrogens is 266 g/mol. The smallest absolute Gasteiger partial charge is 0.156 e. The van der Waals surface area contributed by atoms with Crippen LogP contribution in [-0.2, 0) is 0 Å². The van der Waals surface area contributed by atoms with E-state index in [0.717, 1.165) is 17.3 Å². The van der Waals surface area contributed by atoms with E-state index < -0.39 is 0 Å². The van der Waals surface area contributed by atoms with Crippen molar-refractivity contribution in [2.45, 2.75) is 0 Å². The molecule has 102 valence electrons. The van der Waals surface area contributed by atoms with E-state index in [4.69, 9.17) is 0 Å². The minimum atomic E-state index is 0.797. The van der Waals surface area contributed by atoms with Gasteiger partial charge in [-0.05, 0) is 12.1 Å². The molecule has 0 aliphatic heterocycles. The Morgan fingerprint density at radius 3 is 2.14 bits per heavy atom. The third-order valence-corrected chi connectivity index (χ3v) is 3.13. The molecule has 4 aromatic rings. The topological polar surface area (TPSA) is 66.3 Å². The highest BCUT2D eigenvalue weighted by molar-refractivity contribution is 5.33. The van der Waals surface area contributed by atoms with Gasteiger partial charge >= 0.3 is 0 Å². The molecule has 0 aliphatic carbocycles. The molecule has 0 unspecified atom stereocenters. The van der Waals surface area contributed by atoms with E-state index in [9.17, 15) is 0 Å². The standard InChI is InChI=1S/C14H11N7/c1-3-15-4-2-12(1)20-7-14(17-10-20)21-8-13(18-11-21)19-6-5-16-9-19/h1-11H. The van der Waals surface area contributed by atoms with Gasteiger partial charge in [0.2, 0.25) is 0 Å². The maximum Gasteiger partial charge on any atom is 0.156 e. The van der Waals surface area contributed by atoms with Crippen molar-refractivity contribution in [3.05, 3.63) is 68.3 Å². The van der Waals surface area contributed by atoms with Crippen molar-refractivity contribution in [1.82, 2.24) is 33.6 Å². The minimum absolute atomic E-state index is 0.797. The Morgan fingerprint density at radius 2 is 1.38 bits per heavy atom. The van der Waals surface area contributed by atoms with E-state index in [-0.39, 0.29) is 0 Å². The summed E-state index contributed by atoms with van der Waals surface area (Å²) in [6, 6.07) is 3.85. The third kappa shape index (κ3) is 2.10. The lowest BCUT2D eigenvalue weighted by molar-refractivity contribution is 1.00. The molecule has 4 aromatic heterocycles. The van der Waals surface area contributed by atoms with Crippen LogP contribution in [0.4, 0.5) is 0 Å². The Kier molecular flexibility index (Phi) is 2.60. The minimum Gasteiger partial charge on any atom is -0.304 e. The molecule has 0 bridgehead atoms. The molecule has 0 aromatic carbocycles. The van der Waals surface area contributed by atoms with Gasteiger partial charge in [0.25, 0.3) is 0 Å². The van der Waals surface area contributed by atoms with Gasteiger partial charge in [-0.1, -0.05) is 0 Å². The van der Waals surface area contributed by atoms with Gasteiger partial charge in [-0.15, -0.1) is 0 Å². The molecule has 0 N–H and O–H groups in total. The highest BCUT2D eigenvalue weighted by Crippen LogP contribution is 2.12. The fraction of sp³-hybridized carbons (Fsp3) is 0. The second kappa shape index (κ2) is 4.71. The van der Waals surface area contributed by atoms with Crippen molar-refractivity contribution in [3.63, 3.8) is 0 Å². The van der Waals surface area contributed by atoms with Gasteiger partial charge in [-0.3, -0.25) is 14.1 Å². The lowest BCUT2D eigenvalue weighted by Crippen LogP contribution is -1.92. The Morgan fingerprint density at radius 1 is 0.667 bits per heavy atom. The van der Waals surface area contributed by atoms with Crippen molar-refractivity contribution in [3.8, 4) is 17.3 Å². The van der Waals surface area contributed by atoms with E-state index >= 15 is 0 Å². The number of pyridine rings is 1. The summed E-state index contributed by atoms with van der Waals surface area (Å²) in [5.41, 5.74) is 1.01.